The van der Waals surface area contributed by atoms with Crippen molar-refractivity contribution >= 4 is 0 Å². The van der Waals surface area contributed by atoms with Crippen LogP contribution >= 0.6 is 0 Å². The largest absolute Gasteiger partial charge is 0.388 e. The summed E-state index contributed by atoms with van der Waals surface area (Å²) in [5, 5.41) is 18.1. The standard InChI is InChI=1S/C11H16N4O/c1-3-11(16)9-6-12-15(7-9)8-10-4-5-14(2)13-10/h4-7,11,16H,3,8H2,1-2H3. The molecule has 16 heavy (non-hydrogen) atoms. The highest BCUT2D eigenvalue weighted by atomic mass is 16.3. The topological polar surface area (TPSA) is 55.9 Å². The molecule has 0 saturated heterocycles. The molecule has 0 fully saturated rings. The van der Waals surface area contributed by atoms with Crippen LogP contribution in [0.1, 0.15) is 30.7 Å². The Morgan fingerprint density at radius 1 is 1.50 bits per heavy atom. The van der Waals surface area contributed by atoms with Gasteiger partial charge in [0.25, 0.3) is 0 Å². The molecule has 2 aromatic heterocycles. The first kappa shape index (κ1) is 10.9. The maximum atomic E-state index is 9.64. The molecular formula is C11H16N4O. The number of hydrogen-bond donors (Lipinski definition) is 1. The number of aliphatic hydroxyl groups excluding tert-OH is 1. The zero-order valence-electron chi connectivity index (χ0n) is 9.54. The maximum absolute atomic E-state index is 9.64. The molecule has 0 aromatic carbocycles. The van der Waals surface area contributed by atoms with E-state index >= 15 is 0 Å². The fourth-order valence-electron chi connectivity index (χ4n) is 1.59. The van der Waals surface area contributed by atoms with E-state index < -0.39 is 6.10 Å². The smallest absolute Gasteiger partial charge is 0.0849 e. The predicted molar refractivity (Wildman–Crippen MR) is 59.8 cm³/mol. The minimum atomic E-state index is -0.419. The van der Waals surface area contributed by atoms with Crippen molar-refractivity contribution < 1.29 is 5.11 Å². The van der Waals surface area contributed by atoms with Crippen LogP contribution in [0.3, 0.4) is 0 Å². The Balaban J connectivity index is 2.08. The van der Waals surface area contributed by atoms with Gasteiger partial charge in [0.05, 0.1) is 24.5 Å². The lowest BCUT2D eigenvalue weighted by molar-refractivity contribution is 0.173. The van der Waals surface area contributed by atoms with Gasteiger partial charge in [-0.15, -0.1) is 0 Å². The molecule has 2 rings (SSSR count). The van der Waals surface area contributed by atoms with E-state index in [0.29, 0.717) is 13.0 Å². The second-order valence-corrected chi connectivity index (χ2v) is 3.88. The Morgan fingerprint density at radius 2 is 2.31 bits per heavy atom. The summed E-state index contributed by atoms with van der Waals surface area (Å²) in [6, 6.07) is 1.96. The zero-order chi connectivity index (χ0) is 11.5. The number of aryl methyl sites for hydroxylation is 1. The quantitative estimate of drug-likeness (QED) is 0.839. The average molecular weight is 220 g/mol. The molecule has 0 amide bonds. The van der Waals surface area contributed by atoms with E-state index in [1.165, 1.54) is 0 Å². The van der Waals surface area contributed by atoms with Crippen molar-refractivity contribution in [1.82, 2.24) is 19.6 Å². The third kappa shape index (κ3) is 2.30. The van der Waals surface area contributed by atoms with Crippen LogP contribution in [-0.2, 0) is 13.6 Å². The van der Waals surface area contributed by atoms with Crippen molar-refractivity contribution in [1.29, 1.82) is 0 Å². The molecular weight excluding hydrogens is 204 g/mol. The van der Waals surface area contributed by atoms with Gasteiger partial charge in [0.15, 0.2) is 0 Å². The van der Waals surface area contributed by atoms with Crippen molar-refractivity contribution in [2.75, 3.05) is 0 Å². The SMILES string of the molecule is CCC(O)c1cnn(Cc2ccn(C)n2)c1. The van der Waals surface area contributed by atoms with Gasteiger partial charge in [-0.3, -0.25) is 9.36 Å². The van der Waals surface area contributed by atoms with Crippen LogP contribution in [-0.4, -0.2) is 24.7 Å². The zero-order valence-corrected chi connectivity index (χ0v) is 9.54. The summed E-state index contributed by atoms with van der Waals surface area (Å²) >= 11 is 0. The monoisotopic (exact) mass is 220 g/mol. The van der Waals surface area contributed by atoms with E-state index in [9.17, 15) is 5.11 Å². The molecule has 86 valence electrons. The van der Waals surface area contributed by atoms with Crippen LogP contribution in [0.2, 0.25) is 0 Å². The van der Waals surface area contributed by atoms with Crippen molar-refractivity contribution in [3.05, 3.63) is 35.9 Å². The van der Waals surface area contributed by atoms with Crippen molar-refractivity contribution in [2.24, 2.45) is 7.05 Å². The second kappa shape index (κ2) is 4.49. The Hall–Kier alpha value is -1.62. The van der Waals surface area contributed by atoms with Crippen LogP contribution in [0.25, 0.3) is 0 Å². The second-order valence-electron chi connectivity index (χ2n) is 3.88. The van der Waals surface area contributed by atoms with Crippen molar-refractivity contribution in [3.8, 4) is 0 Å². The molecule has 1 N–H and O–H groups in total. The molecule has 2 heterocycles. The van der Waals surface area contributed by atoms with Gasteiger partial charge in [0.2, 0.25) is 0 Å². The van der Waals surface area contributed by atoms with Crippen LogP contribution < -0.4 is 0 Å². The van der Waals surface area contributed by atoms with Gasteiger partial charge in [-0.25, -0.2) is 0 Å². The molecule has 0 saturated carbocycles. The van der Waals surface area contributed by atoms with E-state index in [4.69, 9.17) is 0 Å². The molecule has 1 unspecified atom stereocenters. The van der Waals surface area contributed by atoms with Gasteiger partial charge in [-0.2, -0.15) is 10.2 Å². The lowest BCUT2D eigenvalue weighted by Gasteiger charge is -2.02. The molecule has 0 aliphatic heterocycles. The number of aromatic nitrogens is 4. The van der Waals surface area contributed by atoms with Gasteiger partial charge < -0.3 is 5.11 Å². The summed E-state index contributed by atoms with van der Waals surface area (Å²) in [6.07, 6.45) is 5.76. The Bertz CT molecular complexity index is 460. The van der Waals surface area contributed by atoms with Crippen molar-refractivity contribution in [3.63, 3.8) is 0 Å². The molecule has 0 bridgehead atoms. The van der Waals surface area contributed by atoms with Crippen LogP contribution in [0.5, 0.6) is 0 Å². The molecule has 1 atom stereocenters. The van der Waals surface area contributed by atoms with E-state index in [2.05, 4.69) is 10.2 Å². The third-order valence-corrected chi connectivity index (χ3v) is 2.52. The number of rotatable bonds is 4. The Kier molecular flexibility index (Phi) is 3.05. The molecule has 5 heteroatoms. The van der Waals surface area contributed by atoms with E-state index in [1.54, 1.807) is 15.6 Å². The molecule has 0 aliphatic carbocycles. The van der Waals surface area contributed by atoms with E-state index in [-0.39, 0.29) is 0 Å². The van der Waals surface area contributed by atoms with E-state index in [1.807, 2.05) is 32.4 Å². The van der Waals surface area contributed by atoms with Gasteiger partial charge >= 0.3 is 0 Å². The number of aliphatic hydroxyl groups is 1. The lowest BCUT2D eigenvalue weighted by Crippen LogP contribution is -2.01. The van der Waals surface area contributed by atoms with Gasteiger partial charge in [-0.05, 0) is 12.5 Å². The van der Waals surface area contributed by atoms with Gasteiger partial charge in [0, 0.05) is 25.0 Å². The maximum Gasteiger partial charge on any atom is 0.0849 e. The molecule has 0 spiro atoms. The first-order valence-corrected chi connectivity index (χ1v) is 5.38. The summed E-state index contributed by atoms with van der Waals surface area (Å²) in [5.41, 5.74) is 1.82. The molecule has 0 radical (unpaired) electrons. The highest BCUT2D eigenvalue weighted by Crippen LogP contribution is 2.14. The fraction of sp³-hybridized carbons (Fsp3) is 0.455. The minimum absolute atomic E-state index is 0.419. The van der Waals surface area contributed by atoms with E-state index in [0.717, 1.165) is 11.3 Å². The molecule has 5 nitrogen and oxygen atoms in total. The predicted octanol–water partition coefficient (Wildman–Crippen LogP) is 1.11. The normalized spacial score (nSPS) is 12.9. The highest BCUT2D eigenvalue weighted by molar-refractivity contribution is 5.09. The average Bonchev–Trinajstić information content (AvgIpc) is 2.87. The summed E-state index contributed by atoms with van der Waals surface area (Å²) < 4.78 is 3.55. The van der Waals surface area contributed by atoms with Gasteiger partial charge in [-0.1, -0.05) is 6.92 Å². The first-order valence-electron chi connectivity index (χ1n) is 5.38. The minimum Gasteiger partial charge on any atom is -0.388 e. The highest BCUT2D eigenvalue weighted by Gasteiger charge is 2.08. The number of hydrogen-bond acceptors (Lipinski definition) is 3. The van der Waals surface area contributed by atoms with Gasteiger partial charge in [0.1, 0.15) is 0 Å². The van der Waals surface area contributed by atoms with Crippen molar-refractivity contribution in [2.45, 2.75) is 26.0 Å². The first-order chi connectivity index (χ1) is 7.69. The lowest BCUT2D eigenvalue weighted by atomic mass is 10.2. The summed E-state index contributed by atoms with van der Waals surface area (Å²) in [7, 11) is 1.89. The van der Waals surface area contributed by atoms with Crippen LogP contribution in [0, 0.1) is 0 Å². The summed E-state index contributed by atoms with van der Waals surface area (Å²) in [4.78, 5) is 0. The van der Waals surface area contributed by atoms with Crippen LogP contribution in [0.4, 0.5) is 0 Å². The summed E-state index contributed by atoms with van der Waals surface area (Å²) in [6.45, 7) is 2.58. The Morgan fingerprint density at radius 3 is 2.94 bits per heavy atom. The third-order valence-electron chi connectivity index (χ3n) is 2.52. The number of nitrogens with zero attached hydrogens (tertiary/aromatic N) is 4. The summed E-state index contributed by atoms with van der Waals surface area (Å²) in [5.74, 6) is 0. The van der Waals surface area contributed by atoms with Crippen LogP contribution in [0.15, 0.2) is 24.7 Å². The molecule has 0 aliphatic rings. The fourth-order valence-corrected chi connectivity index (χ4v) is 1.59. The molecule has 2 aromatic rings. The Labute approximate surface area is 94.3 Å².